The van der Waals surface area contributed by atoms with E-state index in [-0.39, 0.29) is 15.7 Å². The molecule has 6 nitrogen and oxygen atoms in total. The zero-order chi connectivity index (χ0) is 15.7. The first kappa shape index (κ1) is 15.9. The van der Waals surface area contributed by atoms with Gasteiger partial charge in [-0.2, -0.15) is 9.57 Å². The second-order valence-corrected chi connectivity index (χ2v) is 9.00. The molecule has 0 bridgehead atoms. The molecule has 1 aromatic rings. The highest BCUT2D eigenvalue weighted by Crippen LogP contribution is 2.24. The fourth-order valence-corrected chi connectivity index (χ4v) is 4.33. The van der Waals surface area contributed by atoms with Crippen LogP contribution >= 0.6 is 0 Å². The Bertz CT molecular complexity index is 753. The fraction of sp³-hybridized carbons (Fsp3) is 0.462. The number of hydrogen-bond donors (Lipinski definition) is 0. The van der Waals surface area contributed by atoms with E-state index in [1.165, 1.54) is 28.6 Å². The largest absolute Gasteiger partial charge is 0.243 e. The zero-order valence-corrected chi connectivity index (χ0v) is 13.2. The van der Waals surface area contributed by atoms with E-state index in [1.807, 2.05) is 0 Å². The summed E-state index contributed by atoms with van der Waals surface area (Å²) in [5, 5.41) is 8.83. The first-order valence-electron chi connectivity index (χ1n) is 6.45. The summed E-state index contributed by atoms with van der Waals surface area (Å²) in [6.45, 7) is 0.628. The molecule has 0 N–H and O–H groups in total. The van der Waals surface area contributed by atoms with Crippen LogP contribution in [-0.2, 0) is 19.9 Å². The molecule has 0 aliphatic carbocycles. The molecular formula is C13H16N2O4S2. The highest BCUT2D eigenvalue weighted by Gasteiger charge is 2.29. The minimum absolute atomic E-state index is 0.0744. The lowest BCUT2D eigenvalue weighted by molar-refractivity contribution is 0.310. The van der Waals surface area contributed by atoms with Crippen molar-refractivity contribution < 1.29 is 16.8 Å². The molecule has 1 aliphatic rings. The van der Waals surface area contributed by atoms with E-state index >= 15 is 0 Å². The zero-order valence-electron chi connectivity index (χ0n) is 11.6. The van der Waals surface area contributed by atoms with Crippen LogP contribution in [0.3, 0.4) is 0 Å². The molecule has 1 aliphatic heterocycles. The molecule has 0 saturated carbocycles. The van der Waals surface area contributed by atoms with Gasteiger partial charge in [0.15, 0.2) is 9.84 Å². The molecule has 1 fully saturated rings. The minimum Gasteiger partial charge on any atom is -0.224 e. The Labute approximate surface area is 125 Å². The average molecular weight is 328 g/mol. The van der Waals surface area contributed by atoms with Crippen LogP contribution in [0.5, 0.6) is 0 Å². The Morgan fingerprint density at radius 3 is 1.95 bits per heavy atom. The number of piperidine rings is 1. The van der Waals surface area contributed by atoms with Crippen molar-refractivity contribution in [1.82, 2.24) is 4.31 Å². The number of rotatable bonds is 3. The Morgan fingerprint density at radius 2 is 1.52 bits per heavy atom. The van der Waals surface area contributed by atoms with Gasteiger partial charge in [0.25, 0.3) is 0 Å². The van der Waals surface area contributed by atoms with Gasteiger partial charge in [-0.1, -0.05) is 0 Å². The third-order valence-electron chi connectivity index (χ3n) is 3.53. The SMILES string of the molecule is CS(=O)(=O)c1ccc(S(=O)(=O)N2CCC(C#N)CC2)cc1. The van der Waals surface area contributed by atoms with E-state index in [0.717, 1.165) is 6.26 Å². The second-order valence-electron chi connectivity index (χ2n) is 5.05. The predicted octanol–water partition coefficient (Wildman–Crippen LogP) is 1.01. The summed E-state index contributed by atoms with van der Waals surface area (Å²) in [6, 6.07) is 7.36. The van der Waals surface area contributed by atoms with Gasteiger partial charge in [0, 0.05) is 25.3 Å². The van der Waals surface area contributed by atoms with Crippen LogP contribution in [0, 0.1) is 17.2 Å². The fourth-order valence-electron chi connectivity index (χ4n) is 2.23. The van der Waals surface area contributed by atoms with Gasteiger partial charge in [0.05, 0.1) is 15.9 Å². The molecule has 2 rings (SSSR count). The Kier molecular flexibility index (Phi) is 4.37. The lowest BCUT2D eigenvalue weighted by Gasteiger charge is -2.28. The highest BCUT2D eigenvalue weighted by atomic mass is 32.2. The van der Waals surface area contributed by atoms with Crippen LogP contribution in [0.25, 0.3) is 0 Å². The molecular weight excluding hydrogens is 312 g/mol. The molecule has 0 aromatic heterocycles. The first-order valence-corrected chi connectivity index (χ1v) is 9.78. The van der Waals surface area contributed by atoms with Crippen LogP contribution in [-0.4, -0.2) is 40.5 Å². The van der Waals surface area contributed by atoms with Crippen molar-refractivity contribution in [2.75, 3.05) is 19.3 Å². The Morgan fingerprint density at radius 1 is 1.05 bits per heavy atom. The van der Waals surface area contributed by atoms with Crippen molar-refractivity contribution in [3.05, 3.63) is 24.3 Å². The summed E-state index contributed by atoms with van der Waals surface area (Å²) in [6.07, 6.45) is 2.12. The number of nitriles is 1. The Hall–Kier alpha value is -1.43. The molecule has 0 atom stereocenters. The predicted molar refractivity (Wildman–Crippen MR) is 76.6 cm³/mol. The summed E-state index contributed by atoms with van der Waals surface area (Å²) < 4.78 is 49.0. The van der Waals surface area contributed by atoms with Gasteiger partial charge in [-0.3, -0.25) is 0 Å². The summed E-state index contributed by atoms with van der Waals surface area (Å²) in [7, 11) is -6.97. The van der Waals surface area contributed by atoms with Crippen molar-refractivity contribution in [3.8, 4) is 6.07 Å². The summed E-state index contributed by atoms with van der Waals surface area (Å²) in [5.41, 5.74) is 0. The number of sulfonamides is 1. The molecule has 0 amide bonds. The number of sulfone groups is 1. The van der Waals surface area contributed by atoms with E-state index < -0.39 is 19.9 Å². The van der Waals surface area contributed by atoms with E-state index in [1.54, 1.807) is 0 Å². The van der Waals surface area contributed by atoms with Gasteiger partial charge in [-0.25, -0.2) is 16.8 Å². The lowest BCUT2D eigenvalue weighted by Crippen LogP contribution is -2.38. The molecule has 21 heavy (non-hydrogen) atoms. The minimum atomic E-state index is -3.63. The number of nitrogens with zero attached hydrogens (tertiary/aromatic N) is 2. The van der Waals surface area contributed by atoms with Gasteiger partial charge in [0.2, 0.25) is 10.0 Å². The summed E-state index contributed by atoms with van der Waals surface area (Å²) in [4.78, 5) is 0.162. The van der Waals surface area contributed by atoms with Crippen molar-refractivity contribution in [1.29, 1.82) is 5.26 Å². The summed E-state index contributed by atoms with van der Waals surface area (Å²) in [5.74, 6) is -0.0935. The molecule has 8 heteroatoms. The van der Waals surface area contributed by atoms with Crippen molar-refractivity contribution >= 4 is 19.9 Å². The maximum atomic E-state index is 12.4. The van der Waals surface area contributed by atoms with E-state index in [0.29, 0.717) is 25.9 Å². The monoisotopic (exact) mass is 328 g/mol. The topological polar surface area (TPSA) is 95.3 Å². The molecule has 0 spiro atoms. The first-order chi connectivity index (χ1) is 9.75. The lowest BCUT2D eigenvalue weighted by atomic mass is 10.0. The van der Waals surface area contributed by atoms with Crippen LogP contribution in [0.1, 0.15) is 12.8 Å². The molecule has 0 unspecified atom stereocenters. The van der Waals surface area contributed by atoms with Crippen molar-refractivity contribution in [2.45, 2.75) is 22.6 Å². The van der Waals surface area contributed by atoms with E-state index in [2.05, 4.69) is 6.07 Å². The number of benzene rings is 1. The maximum Gasteiger partial charge on any atom is 0.243 e. The van der Waals surface area contributed by atoms with Crippen LogP contribution in [0.15, 0.2) is 34.1 Å². The normalized spacial score (nSPS) is 18.3. The summed E-state index contributed by atoms with van der Waals surface area (Å²) >= 11 is 0. The molecule has 1 saturated heterocycles. The molecule has 114 valence electrons. The average Bonchev–Trinajstić information content (AvgIpc) is 2.46. The quantitative estimate of drug-likeness (QED) is 0.825. The smallest absolute Gasteiger partial charge is 0.224 e. The van der Waals surface area contributed by atoms with Crippen LogP contribution < -0.4 is 0 Å². The van der Waals surface area contributed by atoms with Crippen LogP contribution in [0.4, 0.5) is 0 Å². The standard InChI is InChI=1S/C13H16N2O4S2/c1-20(16,17)12-2-4-13(5-3-12)21(18,19)15-8-6-11(10-14)7-9-15/h2-5,11H,6-9H2,1H3. The maximum absolute atomic E-state index is 12.4. The van der Waals surface area contributed by atoms with Gasteiger partial charge in [0.1, 0.15) is 0 Å². The van der Waals surface area contributed by atoms with E-state index in [9.17, 15) is 16.8 Å². The highest BCUT2D eigenvalue weighted by molar-refractivity contribution is 7.90. The van der Waals surface area contributed by atoms with Crippen LogP contribution in [0.2, 0.25) is 0 Å². The van der Waals surface area contributed by atoms with Gasteiger partial charge in [-0.15, -0.1) is 0 Å². The van der Waals surface area contributed by atoms with E-state index in [4.69, 9.17) is 5.26 Å². The van der Waals surface area contributed by atoms with Crippen molar-refractivity contribution in [3.63, 3.8) is 0 Å². The van der Waals surface area contributed by atoms with Gasteiger partial charge < -0.3 is 0 Å². The van der Waals surface area contributed by atoms with Gasteiger partial charge >= 0.3 is 0 Å². The number of hydrogen-bond acceptors (Lipinski definition) is 5. The third-order valence-corrected chi connectivity index (χ3v) is 6.57. The molecule has 0 radical (unpaired) electrons. The van der Waals surface area contributed by atoms with Gasteiger partial charge in [-0.05, 0) is 37.1 Å². The Balaban J connectivity index is 2.23. The third kappa shape index (κ3) is 3.43. The van der Waals surface area contributed by atoms with Crippen molar-refractivity contribution in [2.24, 2.45) is 5.92 Å². The molecule has 1 aromatic carbocycles. The second kappa shape index (κ2) is 5.75. The molecule has 1 heterocycles.